The molecule has 8 heteroatoms. The summed E-state index contributed by atoms with van der Waals surface area (Å²) in [5.74, 6) is 0.351. The highest BCUT2D eigenvalue weighted by Crippen LogP contribution is 2.50. The summed E-state index contributed by atoms with van der Waals surface area (Å²) >= 11 is 9.58. The molecule has 0 saturated heterocycles. The number of ketones is 1. The number of carbonyl (C=O) groups excluding carboxylic acids is 1. The summed E-state index contributed by atoms with van der Waals surface area (Å²) in [5.41, 5.74) is 9.90. The fraction of sp³-hybridized carbons (Fsp3) is 0.357. The molecular weight excluding hydrogens is 542 g/mol. The first kappa shape index (κ1) is 26.3. The van der Waals surface area contributed by atoms with E-state index in [9.17, 15) is 10.1 Å². The van der Waals surface area contributed by atoms with Crippen molar-refractivity contribution in [1.29, 1.82) is 5.26 Å². The first-order chi connectivity index (χ1) is 17.1. The second-order valence-corrected chi connectivity index (χ2v) is 11.2. The third kappa shape index (κ3) is 5.31. The maximum atomic E-state index is 13.7. The molecule has 1 aliphatic carbocycles. The van der Waals surface area contributed by atoms with Gasteiger partial charge in [-0.05, 0) is 47.7 Å². The van der Waals surface area contributed by atoms with Crippen LogP contribution in [0, 0.1) is 16.7 Å². The van der Waals surface area contributed by atoms with Crippen LogP contribution in [0.3, 0.4) is 0 Å². The van der Waals surface area contributed by atoms with E-state index in [1.807, 2.05) is 47.4 Å². The molecule has 36 heavy (non-hydrogen) atoms. The van der Waals surface area contributed by atoms with Gasteiger partial charge in [0, 0.05) is 46.4 Å². The van der Waals surface area contributed by atoms with Crippen molar-refractivity contribution < 1.29 is 14.3 Å². The van der Waals surface area contributed by atoms with E-state index in [0.29, 0.717) is 60.3 Å². The molecule has 4 rings (SSSR count). The largest absolute Gasteiger partial charge is 0.489 e. The summed E-state index contributed by atoms with van der Waals surface area (Å²) in [6.07, 6.45) is 1.07. The quantitative estimate of drug-likeness (QED) is 0.435. The van der Waals surface area contributed by atoms with Crippen molar-refractivity contribution >= 4 is 33.3 Å². The van der Waals surface area contributed by atoms with Gasteiger partial charge < -0.3 is 20.1 Å². The zero-order valence-electron chi connectivity index (χ0n) is 20.6. The van der Waals surface area contributed by atoms with E-state index in [1.54, 1.807) is 7.11 Å². The highest BCUT2D eigenvalue weighted by molar-refractivity contribution is 9.10. The minimum absolute atomic E-state index is 0.0255. The maximum Gasteiger partial charge on any atom is 0.162 e. The number of rotatable bonds is 7. The molecule has 1 atom stereocenters. The lowest BCUT2D eigenvalue weighted by molar-refractivity contribution is -0.118. The zero-order valence-corrected chi connectivity index (χ0v) is 22.9. The number of carbonyl (C=O) groups is 1. The predicted octanol–water partition coefficient (Wildman–Crippen LogP) is 6.06. The Bertz CT molecular complexity index is 1280. The van der Waals surface area contributed by atoms with Gasteiger partial charge in [0.05, 0.1) is 24.2 Å². The Labute approximate surface area is 225 Å². The summed E-state index contributed by atoms with van der Waals surface area (Å²) < 4.78 is 12.4. The number of nitrogens with zero attached hydrogens (tertiary/aromatic N) is 2. The Hall–Kier alpha value is -2.79. The van der Waals surface area contributed by atoms with Crippen LogP contribution in [0.15, 0.2) is 69.6 Å². The molecule has 2 aromatic carbocycles. The molecule has 2 aliphatic rings. The van der Waals surface area contributed by atoms with Crippen molar-refractivity contribution in [2.24, 2.45) is 11.1 Å². The molecule has 0 radical (unpaired) electrons. The summed E-state index contributed by atoms with van der Waals surface area (Å²) in [5, 5.41) is 10.9. The number of Topliss-reactive ketones (excluding diaryl/α,β-unsaturated/α-hetero) is 1. The minimum Gasteiger partial charge on any atom is -0.489 e. The van der Waals surface area contributed by atoms with Gasteiger partial charge in [0.25, 0.3) is 0 Å². The van der Waals surface area contributed by atoms with Gasteiger partial charge in [0.2, 0.25) is 0 Å². The molecule has 0 aromatic heterocycles. The molecule has 0 saturated carbocycles. The normalized spacial score (nSPS) is 19.3. The van der Waals surface area contributed by atoms with Crippen LogP contribution in [-0.4, -0.2) is 30.9 Å². The standard InChI is InChI=1S/C28H29BrClN3O3/c1-28(2)13-22-26(23(34)14-28)25(21(15-31)27(32)33(22)10-11-35-3)20-12-18(29)6-9-24(20)36-16-17-4-7-19(30)8-5-17/h4-9,12,25H,10-11,13-14,16,32H2,1-3H3/t25-/m1/s1. The van der Waals surface area contributed by atoms with E-state index in [1.165, 1.54) is 0 Å². The SMILES string of the molecule is COCCN1C(N)=C(C#N)[C@@H](c2cc(Br)ccc2OCc2ccc(Cl)cc2)C2=C1CC(C)(C)CC2=O. The first-order valence-corrected chi connectivity index (χ1v) is 12.9. The molecule has 1 aliphatic heterocycles. The topological polar surface area (TPSA) is 88.6 Å². The molecule has 1 heterocycles. The number of methoxy groups -OCH3 is 1. The Kier molecular flexibility index (Phi) is 7.79. The van der Waals surface area contributed by atoms with Gasteiger partial charge in [-0.1, -0.05) is 53.5 Å². The summed E-state index contributed by atoms with van der Waals surface area (Å²) in [6.45, 7) is 5.35. The number of hydrogen-bond acceptors (Lipinski definition) is 6. The Morgan fingerprint density at radius 1 is 1.22 bits per heavy atom. The lowest BCUT2D eigenvalue weighted by Gasteiger charge is -2.44. The average molecular weight is 571 g/mol. The van der Waals surface area contributed by atoms with E-state index >= 15 is 0 Å². The fourth-order valence-corrected chi connectivity index (χ4v) is 5.45. The third-order valence-corrected chi connectivity index (χ3v) is 7.34. The van der Waals surface area contributed by atoms with Crippen molar-refractivity contribution in [2.75, 3.05) is 20.3 Å². The average Bonchev–Trinajstić information content (AvgIpc) is 2.82. The number of hydrogen-bond donors (Lipinski definition) is 1. The van der Waals surface area contributed by atoms with E-state index in [2.05, 4.69) is 35.8 Å². The van der Waals surface area contributed by atoms with E-state index < -0.39 is 5.92 Å². The predicted molar refractivity (Wildman–Crippen MR) is 143 cm³/mol. The second-order valence-electron chi connectivity index (χ2n) is 9.89. The third-order valence-electron chi connectivity index (χ3n) is 6.60. The molecule has 2 aromatic rings. The van der Waals surface area contributed by atoms with Gasteiger partial charge in [-0.2, -0.15) is 5.26 Å². The van der Waals surface area contributed by atoms with Crippen molar-refractivity contribution in [3.05, 3.63) is 85.8 Å². The highest BCUT2D eigenvalue weighted by atomic mass is 79.9. The van der Waals surface area contributed by atoms with Gasteiger partial charge >= 0.3 is 0 Å². The van der Waals surface area contributed by atoms with Gasteiger partial charge in [-0.3, -0.25) is 4.79 Å². The zero-order chi connectivity index (χ0) is 26.0. The van der Waals surface area contributed by atoms with Gasteiger partial charge in [-0.25, -0.2) is 0 Å². The monoisotopic (exact) mass is 569 g/mol. The van der Waals surface area contributed by atoms with E-state index in [0.717, 1.165) is 21.3 Å². The molecule has 2 N–H and O–H groups in total. The number of ether oxygens (including phenoxy) is 2. The van der Waals surface area contributed by atoms with Gasteiger partial charge in [0.1, 0.15) is 18.2 Å². The van der Waals surface area contributed by atoms with E-state index in [-0.39, 0.29) is 11.2 Å². The van der Waals surface area contributed by atoms with Crippen LogP contribution in [0.2, 0.25) is 5.02 Å². The van der Waals surface area contributed by atoms with Crippen LogP contribution in [0.5, 0.6) is 5.75 Å². The number of nitriles is 1. The summed E-state index contributed by atoms with van der Waals surface area (Å²) in [4.78, 5) is 15.6. The lowest BCUT2D eigenvalue weighted by Crippen LogP contribution is -2.43. The van der Waals surface area contributed by atoms with Crippen LogP contribution in [0.1, 0.15) is 43.7 Å². The van der Waals surface area contributed by atoms with Crippen LogP contribution in [-0.2, 0) is 16.1 Å². The van der Waals surface area contributed by atoms with Crippen LogP contribution in [0.4, 0.5) is 0 Å². The van der Waals surface area contributed by atoms with Gasteiger partial charge in [-0.15, -0.1) is 0 Å². The number of nitrogens with two attached hydrogens (primary N) is 1. The van der Waals surface area contributed by atoms with Gasteiger partial charge in [0.15, 0.2) is 5.78 Å². The van der Waals surface area contributed by atoms with Crippen molar-refractivity contribution in [2.45, 2.75) is 39.2 Å². The Balaban J connectivity index is 1.84. The number of allylic oxidation sites excluding steroid dienone is 3. The number of benzene rings is 2. The fourth-order valence-electron chi connectivity index (χ4n) is 4.94. The molecule has 6 nitrogen and oxygen atoms in total. The van der Waals surface area contributed by atoms with Crippen molar-refractivity contribution in [1.82, 2.24) is 4.90 Å². The van der Waals surface area contributed by atoms with Crippen molar-refractivity contribution in [3.8, 4) is 11.8 Å². The van der Waals surface area contributed by atoms with Crippen LogP contribution in [0.25, 0.3) is 0 Å². The first-order valence-electron chi connectivity index (χ1n) is 11.7. The van der Waals surface area contributed by atoms with Crippen molar-refractivity contribution in [3.63, 3.8) is 0 Å². The Morgan fingerprint density at radius 3 is 2.61 bits per heavy atom. The summed E-state index contributed by atoms with van der Waals surface area (Å²) in [6, 6.07) is 15.4. The molecule has 0 spiro atoms. The lowest BCUT2D eigenvalue weighted by atomic mass is 9.68. The second kappa shape index (κ2) is 10.7. The molecule has 0 unspecified atom stereocenters. The maximum absolute atomic E-state index is 13.7. The smallest absolute Gasteiger partial charge is 0.162 e. The molecule has 0 amide bonds. The molecule has 188 valence electrons. The highest BCUT2D eigenvalue weighted by Gasteiger charge is 2.45. The molecule has 0 fully saturated rings. The van der Waals surface area contributed by atoms with Crippen LogP contribution < -0.4 is 10.5 Å². The molecular formula is C28H29BrClN3O3. The molecule has 0 bridgehead atoms. The number of halogens is 2. The minimum atomic E-state index is -0.620. The van der Waals surface area contributed by atoms with E-state index in [4.69, 9.17) is 26.8 Å². The summed E-state index contributed by atoms with van der Waals surface area (Å²) in [7, 11) is 1.62. The van der Waals surface area contributed by atoms with Crippen LogP contribution >= 0.6 is 27.5 Å². The Morgan fingerprint density at radius 2 is 1.94 bits per heavy atom.